The van der Waals surface area contributed by atoms with E-state index in [0.717, 1.165) is 0 Å². The van der Waals surface area contributed by atoms with Crippen molar-refractivity contribution in [3.63, 3.8) is 0 Å². The molecule has 1 aromatic rings. The van der Waals surface area contributed by atoms with E-state index in [1.807, 2.05) is 0 Å². The lowest BCUT2D eigenvalue weighted by Crippen LogP contribution is -2.09. The van der Waals surface area contributed by atoms with Gasteiger partial charge in [0.2, 0.25) is 0 Å². The number of benzene rings is 1. The molecule has 1 aliphatic rings. The van der Waals surface area contributed by atoms with Gasteiger partial charge in [-0.1, -0.05) is 18.2 Å². The van der Waals surface area contributed by atoms with Crippen molar-refractivity contribution >= 4 is 28.5 Å². The summed E-state index contributed by atoms with van der Waals surface area (Å²) in [5, 5.41) is 3.85. The Morgan fingerprint density at radius 1 is 1.38 bits per heavy atom. The number of aliphatic imine (C=N–C) groups is 1. The van der Waals surface area contributed by atoms with Gasteiger partial charge in [0.05, 0.1) is 11.8 Å². The smallest absolute Gasteiger partial charge is 0.282 e. The second-order valence-corrected chi connectivity index (χ2v) is 5.45. The third kappa shape index (κ3) is 3.96. The Labute approximate surface area is 121 Å². The average Bonchev–Trinajstić information content (AvgIpc) is 2.47. The van der Waals surface area contributed by atoms with Crippen molar-refractivity contribution in [1.29, 1.82) is 0 Å². The van der Waals surface area contributed by atoms with Crippen LogP contribution in [0.2, 0.25) is 0 Å². The number of hydrogen-bond acceptors (Lipinski definition) is 6. The minimum absolute atomic E-state index is 0.233. The SMILES string of the molecule is O=C=C1C=NC(NN=Cc2ccccc2S(=O)(=O)O)=CC1. The second-order valence-electron chi connectivity index (χ2n) is 4.06. The Morgan fingerprint density at radius 3 is 2.76 bits per heavy atom. The topological polar surface area (TPSA) is 108 Å². The second kappa shape index (κ2) is 6.27. The first-order chi connectivity index (χ1) is 10.0. The minimum Gasteiger partial charge on any atom is -0.282 e. The normalized spacial score (nSPS) is 14.9. The summed E-state index contributed by atoms with van der Waals surface area (Å²) in [6, 6.07) is 5.89. The van der Waals surface area contributed by atoms with Gasteiger partial charge in [-0.3, -0.25) is 9.98 Å². The minimum atomic E-state index is -4.31. The van der Waals surface area contributed by atoms with Crippen LogP contribution in [0.4, 0.5) is 0 Å². The molecule has 108 valence electrons. The van der Waals surface area contributed by atoms with Gasteiger partial charge < -0.3 is 0 Å². The lowest BCUT2D eigenvalue weighted by Gasteiger charge is -2.05. The average molecular weight is 305 g/mol. The van der Waals surface area contributed by atoms with E-state index in [1.165, 1.54) is 30.6 Å². The van der Waals surface area contributed by atoms with Crippen LogP contribution in [0.25, 0.3) is 0 Å². The molecule has 0 fully saturated rings. The van der Waals surface area contributed by atoms with Gasteiger partial charge in [-0.15, -0.1) is 0 Å². The fourth-order valence-corrected chi connectivity index (χ4v) is 2.26. The maximum Gasteiger partial charge on any atom is 0.295 e. The number of rotatable bonds is 4. The molecular formula is C13H11N3O4S. The van der Waals surface area contributed by atoms with Crippen molar-refractivity contribution in [3.8, 4) is 0 Å². The number of carbonyl (C=O) groups excluding carboxylic acids is 1. The lowest BCUT2D eigenvalue weighted by molar-refractivity contribution is 0.483. The van der Waals surface area contributed by atoms with Crippen LogP contribution in [0.3, 0.4) is 0 Å². The van der Waals surface area contributed by atoms with Crippen LogP contribution in [0.5, 0.6) is 0 Å². The first-order valence-corrected chi connectivity index (χ1v) is 7.28. The highest BCUT2D eigenvalue weighted by Gasteiger charge is 2.13. The standard InChI is InChI=1S/C13H11N3O4S/c17-9-10-5-6-13(14-7-10)16-15-8-11-3-1-2-4-12(11)21(18,19)20/h1-4,6-8,16H,5H2,(H,18,19,20). The van der Waals surface area contributed by atoms with E-state index in [-0.39, 0.29) is 10.5 Å². The summed E-state index contributed by atoms with van der Waals surface area (Å²) in [7, 11) is -4.31. The van der Waals surface area contributed by atoms with Gasteiger partial charge in [0.1, 0.15) is 16.7 Å². The molecule has 7 nitrogen and oxygen atoms in total. The summed E-state index contributed by atoms with van der Waals surface area (Å²) in [4.78, 5) is 14.1. The van der Waals surface area contributed by atoms with E-state index in [2.05, 4.69) is 15.5 Å². The largest absolute Gasteiger partial charge is 0.295 e. The van der Waals surface area contributed by atoms with Crippen LogP contribution in [-0.4, -0.2) is 31.3 Å². The van der Waals surface area contributed by atoms with Crippen LogP contribution < -0.4 is 5.43 Å². The monoisotopic (exact) mass is 305 g/mol. The number of hydrogen-bond donors (Lipinski definition) is 2. The molecule has 0 unspecified atom stereocenters. The number of allylic oxidation sites excluding steroid dienone is 2. The Morgan fingerprint density at radius 2 is 2.14 bits per heavy atom. The van der Waals surface area contributed by atoms with E-state index >= 15 is 0 Å². The quantitative estimate of drug-likeness (QED) is 0.372. The maximum atomic E-state index is 11.2. The van der Waals surface area contributed by atoms with Crippen molar-refractivity contribution in [2.45, 2.75) is 11.3 Å². The molecule has 0 saturated heterocycles. The highest BCUT2D eigenvalue weighted by Crippen LogP contribution is 2.13. The summed E-state index contributed by atoms with van der Waals surface area (Å²) in [6.45, 7) is 0. The van der Waals surface area contributed by atoms with Gasteiger partial charge in [0.15, 0.2) is 0 Å². The highest BCUT2D eigenvalue weighted by molar-refractivity contribution is 7.86. The predicted octanol–water partition coefficient (Wildman–Crippen LogP) is 0.931. The molecule has 0 aliphatic carbocycles. The molecule has 0 saturated carbocycles. The molecule has 1 aliphatic heterocycles. The van der Waals surface area contributed by atoms with Gasteiger partial charge in [-0.25, -0.2) is 9.79 Å². The summed E-state index contributed by atoms with van der Waals surface area (Å²) in [6.07, 6.45) is 4.67. The van der Waals surface area contributed by atoms with Crippen molar-refractivity contribution < 1.29 is 17.8 Å². The summed E-state index contributed by atoms with van der Waals surface area (Å²) in [5.74, 6) is 2.17. The molecule has 21 heavy (non-hydrogen) atoms. The third-order valence-corrected chi connectivity index (χ3v) is 3.51. The Kier molecular flexibility index (Phi) is 4.44. The molecule has 2 rings (SSSR count). The van der Waals surface area contributed by atoms with Crippen LogP contribution in [0.15, 0.2) is 56.7 Å². The Bertz CT molecular complexity index is 787. The van der Waals surface area contributed by atoms with E-state index in [4.69, 9.17) is 4.55 Å². The molecule has 8 heteroatoms. The zero-order valence-electron chi connectivity index (χ0n) is 10.7. The van der Waals surface area contributed by atoms with Gasteiger partial charge in [0.25, 0.3) is 10.1 Å². The van der Waals surface area contributed by atoms with Gasteiger partial charge in [-0.2, -0.15) is 13.5 Å². The zero-order chi connectivity index (χ0) is 15.3. The number of hydrazone groups is 1. The molecule has 0 spiro atoms. The molecule has 0 aromatic heterocycles. The molecule has 0 radical (unpaired) electrons. The van der Waals surface area contributed by atoms with Crippen molar-refractivity contribution in [2.75, 3.05) is 0 Å². The molecular weight excluding hydrogens is 294 g/mol. The van der Waals surface area contributed by atoms with Crippen molar-refractivity contribution in [2.24, 2.45) is 10.1 Å². The predicted molar refractivity (Wildman–Crippen MR) is 77.4 cm³/mol. The third-order valence-electron chi connectivity index (χ3n) is 2.59. The first-order valence-electron chi connectivity index (χ1n) is 5.84. The fourth-order valence-electron chi connectivity index (χ4n) is 1.59. The van der Waals surface area contributed by atoms with Crippen LogP contribution in [-0.2, 0) is 14.9 Å². The molecule has 2 N–H and O–H groups in total. The van der Waals surface area contributed by atoms with E-state index in [9.17, 15) is 13.2 Å². The summed E-state index contributed by atoms with van der Waals surface area (Å²) in [5.41, 5.74) is 3.28. The zero-order valence-corrected chi connectivity index (χ0v) is 11.5. The van der Waals surface area contributed by atoms with Gasteiger partial charge in [-0.05, 0) is 12.1 Å². The van der Waals surface area contributed by atoms with E-state index < -0.39 is 10.1 Å². The van der Waals surface area contributed by atoms with Crippen LogP contribution in [0, 0.1) is 0 Å². The van der Waals surface area contributed by atoms with E-state index in [1.54, 1.807) is 18.1 Å². The van der Waals surface area contributed by atoms with Crippen LogP contribution in [0.1, 0.15) is 12.0 Å². The number of nitrogens with zero attached hydrogens (tertiary/aromatic N) is 2. The summed E-state index contributed by atoms with van der Waals surface area (Å²) < 4.78 is 31.5. The van der Waals surface area contributed by atoms with Gasteiger partial charge in [0, 0.05) is 18.2 Å². The summed E-state index contributed by atoms with van der Waals surface area (Å²) >= 11 is 0. The fraction of sp³-hybridized carbons (Fsp3) is 0.0769. The molecule has 1 aromatic carbocycles. The van der Waals surface area contributed by atoms with Crippen molar-refractivity contribution in [3.05, 3.63) is 47.3 Å². The molecule has 0 amide bonds. The van der Waals surface area contributed by atoms with Crippen LogP contribution >= 0.6 is 0 Å². The van der Waals surface area contributed by atoms with Crippen molar-refractivity contribution in [1.82, 2.24) is 5.43 Å². The molecule has 0 bridgehead atoms. The highest BCUT2D eigenvalue weighted by atomic mass is 32.2. The van der Waals surface area contributed by atoms with E-state index in [0.29, 0.717) is 17.8 Å². The first kappa shape index (κ1) is 14.9. The number of nitrogens with one attached hydrogen (secondary N) is 1. The van der Waals surface area contributed by atoms with Gasteiger partial charge >= 0.3 is 0 Å². The Hall–Kier alpha value is -2.54. The maximum absolute atomic E-state index is 11.2. The molecule has 0 atom stereocenters. The molecule has 1 heterocycles. The Balaban J connectivity index is 2.12. The lowest BCUT2D eigenvalue weighted by atomic mass is 10.2.